The van der Waals surface area contributed by atoms with E-state index in [1.165, 1.54) is 0 Å². The number of hydrogen-bond donors (Lipinski definition) is 2. The van der Waals surface area contributed by atoms with E-state index < -0.39 is 0 Å². The molecule has 0 radical (unpaired) electrons. The summed E-state index contributed by atoms with van der Waals surface area (Å²) in [5.41, 5.74) is 6.86. The molecule has 0 bridgehead atoms. The first-order valence-electron chi connectivity index (χ1n) is 4.69. The zero-order valence-electron chi connectivity index (χ0n) is 8.31. The van der Waals surface area contributed by atoms with Gasteiger partial charge >= 0.3 is 0 Å². The van der Waals surface area contributed by atoms with Crippen molar-refractivity contribution in [1.82, 2.24) is 4.98 Å². The fourth-order valence-electron chi connectivity index (χ4n) is 1.03. The molecule has 0 aliphatic rings. The van der Waals surface area contributed by atoms with Crippen LogP contribution in [0.1, 0.15) is 24.9 Å². The molecular formula is C10H16N2OS. The molecule has 78 valence electrons. The Hall–Kier alpha value is -0.580. The van der Waals surface area contributed by atoms with E-state index in [4.69, 9.17) is 10.8 Å². The Morgan fingerprint density at radius 1 is 1.64 bits per heavy atom. The Balaban J connectivity index is 2.55. The second-order valence-corrected chi connectivity index (χ2v) is 4.26. The highest BCUT2D eigenvalue weighted by Gasteiger charge is 2.01. The maximum atomic E-state index is 8.63. The van der Waals surface area contributed by atoms with E-state index in [-0.39, 0.29) is 12.6 Å². The van der Waals surface area contributed by atoms with Crippen LogP contribution in [0.15, 0.2) is 23.4 Å². The standard InChI is InChI=1S/C10H16N2OS/c1-8(11)9-3-4-12-10(7-9)14-6-2-5-13/h3-4,7-8,13H,2,5-6,11H2,1H3/t8-/m0/s1. The first kappa shape index (κ1) is 11.5. The van der Waals surface area contributed by atoms with Gasteiger partial charge in [-0.25, -0.2) is 4.98 Å². The van der Waals surface area contributed by atoms with Gasteiger partial charge in [-0.1, -0.05) is 0 Å². The predicted molar refractivity (Wildman–Crippen MR) is 59.3 cm³/mol. The van der Waals surface area contributed by atoms with E-state index in [1.807, 2.05) is 19.1 Å². The summed E-state index contributed by atoms with van der Waals surface area (Å²) in [5, 5.41) is 9.61. The van der Waals surface area contributed by atoms with Crippen LogP contribution >= 0.6 is 11.8 Å². The van der Waals surface area contributed by atoms with Crippen molar-refractivity contribution in [1.29, 1.82) is 0 Å². The van der Waals surface area contributed by atoms with Gasteiger partial charge in [0.1, 0.15) is 0 Å². The number of pyridine rings is 1. The zero-order chi connectivity index (χ0) is 10.4. The number of thioether (sulfide) groups is 1. The van der Waals surface area contributed by atoms with Gasteiger partial charge in [-0.05, 0) is 31.0 Å². The molecule has 1 rings (SSSR count). The zero-order valence-corrected chi connectivity index (χ0v) is 9.13. The molecule has 0 aliphatic carbocycles. The van der Waals surface area contributed by atoms with Crippen LogP contribution in [0, 0.1) is 0 Å². The van der Waals surface area contributed by atoms with Gasteiger partial charge < -0.3 is 10.8 Å². The quantitative estimate of drug-likeness (QED) is 0.574. The maximum absolute atomic E-state index is 8.63. The first-order chi connectivity index (χ1) is 6.74. The second-order valence-electron chi connectivity index (χ2n) is 3.14. The summed E-state index contributed by atoms with van der Waals surface area (Å²) in [5.74, 6) is 0.895. The van der Waals surface area contributed by atoms with Crippen molar-refractivity contribution in [2.75, 3.05) is 12.4 Å². The summed E-state index contributed by atoms with van der Waals surface area (Å²) < 4.78 is 0. The van der Waals surface area contributed by atoms with E-state index >= 15 is 0 Å². The molecule has 0 unspecified atom stereocenters. The SMILES string of the molecule is C[C@H](N)c1ccnc(SCCCO)c1. The minimum Gasteiger partial charge on any atom is -0.396 e. The lowest BCUT2D eigenvalue weighted by molar-refractivity contribution is 0.296. The van der Waals surface area contributed by atoms with E-state index in [0.29, 0.717) is 0 Å². The molecule has 0 fully saturated rings. The molecule has 0 saturated carbocycles. The van der Waals surface area contributed by atoms with Crippen LogP contribution in [0.4, 0.5) is 0 Å². The Labute approximate surface area is 88.7 Å². The minimum absolute atomic E-state index is 0.0511. The Morgan fingerprint density at radius 2 is 2.43 bits per heavy atom. The number of aliphatic hydroxyl groups excluding tert-OH is 1. The third-order valence-electron chi connectivity index (χ3n) is 1.84. The summed E-state index contributed by atoms with van der Waals surface area (Å²) in [7, 11) is 0. The molecule has 0 aromatic carbocycles. The van der Waals surface area contributed by atoms with Gasteiger partial charge in [0.05, 0.1) is 5.03 Å². The lowest BCUT2D eigenvalue weighted by Gasteiger charge is -2.06. The Bertz CT molecular complexity index is 279. The van der Waals surface area contributed by atoms with Crippen molar-refractivity contribution in [2.24, 2.45) is 5.73 Å². The summed E-state index contributed by atoms with van der Waals surface area (Å²) in [6.07, 6.45) is 2.58. The lowest BCUT2D eigenvalue weighted by atomic mass is 10.1. The molecule has 14 heavy (non-hydrogen) atoms. The molecule has 1 aromatic heterocycles. The van der Waals surface area contributed by atoms with Crippen LogP contribution in [0.5, 0.6) is 0 Å². The average molecular weight is 212 g/mol. The fraction of sp³-hybridized carbons (Fsp3) is 0.500. The topological polar surface area (TPSA) is 59.1 Å². The molecule has 0 amide bonds. The number of rotatable bonds is 5. The second kappa shape index (κ2) is 6.01. The summed E-state index contributed by atoms with van der Waals surface area (Å²) >= 11 is 1.65. The van der Waals surface area contributed by atoms with Gasteiger partial charge in [-0.15, -0.1) is 11.8 Å². The average Bonchev–Trinajstić information content (AvgIpc) is 2.19. The van der Waals surface area contributed by atoms with E-state index in [1.54, 1.807) is 18.0 Å². The maximum Gasteiger partial charge on any atom is 0.0963 e. The van der Waals surface area contributed by atoms with Gasteiger partial charge in [0.25, 0.3) is 0 Å². The molecule has 4 heteroatoms. The normalized spacial score (nSPS) is 12.8. The van der Waals surface area contributed by atoms with E-state index in [9.17, 15) is 0 Å². The van der Waals surface area contributed by atoms with Gasteiger partial charge in [0.2, 0.25) is 0 Å². The molecule has 0 aliphatic heterocycles. The van der Waals surface area contributed by atoms with Gasteiger partial charge in [0, 0.05) is 24.6 Å². The fourth-order valence-corrected chi connectivity index (χ4v) is 1.87. The summed E-state index contributed by atoms with van der Waals surface area (Å²) in [6.45, 7) is 2.19. The Kier molecular flexibility index (Phi) is 4.93. The first-order valence-corrected chi connectivity index (χ1v) is 5.68. The number of hydrogen-bond acceptors (Lipinski definition) is 4. The number of aliphatic hydroxyl groups is 1. The monoisotopic (exact) mass is 212 g/mol. The minimum atomic E-state index is 0.0511. The Morgan fingerprint density at radius 3 is 3.07 bits per heavy atom. The van der Waals surface area contributed by atoms with Crippen molar-refractivity contribution in [3.8, 4) is 0 Å². The van der Waals surface area contributed by atoms with Crippen molar-refractivity contribution < 1.29 is 5.11 Å². The number of aromatic nitrogens is 1. The number of nitrogens with two attached hydrogens (primary N) is 1. The van der Waals surface area contributed by atoms with Crippen LogP contribution < -0.4 is 5.73 Å². The lowest BCUT2D eigenvalue weighted by Crippen LogP contribution is -2.05. The van der Waals surface area contributed by atoms with Crippen molar-refractivity contribution in [3.05, 3.63) is 23.9 Å². The molecule has 3 nitrogen and oxygen atoms in total. The molecule has 0 saturated heterocycles. The third-order valence-corrected chi connectivity index (χ3v) is 2.85. The largest absolute Gasteiger partial charge is 0.396 e. The molecule has 1 heterocycles. The summed E-state index contributed by atoms with van der Waals surface area (Å²) in [4.78, 5) is 4.22. The van der Waals surface area contributed by atoms with Crippen LogP contribution in [0.25, 0.3) is 0 Å². The highest BCUT2D eigenvalue weighted by Crippen LogP contribution is 2.19. The highest BCUT2D eigenvalue weighted by molar-refractivity contribution is 7.99. The third kappa shape index (κ3) is 3.65. The number of nitrogens with zero attached hydrogens (tertiary/aromatic N) is 1. The van der Waals surface area contributed by atoms with E-state index in [0.717, 1.165) is 22.8 Å². The molecule has 3 N–H and O–H groups in total. The van der Waals surface area contributed by atoms with Crippen LogP contribution in [0.3, 0.4) is 0 Å². The van der Waals surface area contributed by atoms with Gasteiger partial charge in [-0.3, -0.25) is 0 Å². The molecule has 1 atom stereocenters. The van der Waals surface area contributed by atoms with Crippen molar-refractivity contribution in [3.63, 3.8) is 0 Å². The highest BCUT2D eigenvalue weighted by atomic mass is 32.2. The van der Waals surface area contributed by atoms with Crippen LogP contribution in [0.2, 0.25) is 0 Å². The van der Waals surface area contributed by atoms with Gasteiger partial charge in [-0.2, -0.15) is 0 Å². The summed E-state index contributed by atoms with van der Waals surface area (Å²) in [6, 6.07) is 3.99. The molecule has 0 spiro atoms. The van der Waals surface area contributed by atoms with Crippen LogP contribution in [-0.4, -0.2) is 22.5 Å². The van der Waals surface area contributed by atoms with Crippen LogP contribution in [-0.2, 0) is 0 Å². The molecule has 1 aromatic rings. The smallest absolute Gasteiger partial charge is 0.0963 e. The van der Waals surface area contributed by atoms with Crippen molar-refractivity contribution >= 4 is 11.8 Å². The molecular weight excluding hydrogens is 196 g/mol. The van der Waals surface area contributed by atoms with Gasteiger partial charge in [0.15, 0.2) is 0 Å². The predicted octanol–water partition coefficient (Wildman–Crippen LogP) is 1.58. The van der Waals surface area contributed by atoms with E-state index in [2.05, 4.69) is 4.98 Å². The van der Waals surface area contributed by atoms with Crippen molar-refractivity contribution in [2.45, 2.75) is 24.4 Å².